The molecule has 0 saturated carbocycles. The summed E-state index contributed by atoms with van der Waals surface area (Å²) in [6.45, 7) is 0.525. The van der Waals surface area contributed by atoms with Crippen molar-refractivity contribution in [3.63, 3.8) is 0 Å². The topological polar surface area (TPSA) is 61.3 Å². The van der Waals surface area contributed by atoms with Crippen molar-refractivity contribution in [2.45, 2.75) is 6.42 Å². The van der Waals surface area contributed by atoms with E-state index in [-0.39, 0.29) is 0 Å². The third kappa shape index (κ3) is 2.68. The molecule has 2 rings (SSSR count). The number of halogens is 1. The monoisotopic (exact) mass is 296 g/mol. The predicted molar refractivity (Wildman–Crippen MR) is 68.9 cm³/mol. The zero-order valence-electron chi connectivity index (χ0n) is 9.44. The standard InChI is InChI=1S/C12H13BrN2O2/c1-16-10-6-8(13)2-3-9(10)11-7-15-12(17-11)4-5-14/h2-3,6-7H,4-5,14H2,1H3. The summed E-state index contributed by atoms with van der Waals surface area (Å²) in [5.41, 5.74) is 6.33. The highest BCUT2D eigenvalue weighted by Gasteiger charge is 2.11. The molecule has 5 heteroatoms. The number of nitrogens with zero attached hydrogens (tertiary/aromatic N) is 1. The van der Waals surface area contributed by atoms with E-state index in [1.807, 2.05) is 18.2 Å². The molecule has 0 bridgehead atoms. The molecule has 0 radical (unpaired) electrons. The van der Waals surface area contributed by atoms with Crippen LogP contribution in [0.1, 0.15) is 5.89 Å². The van der Waals surface area contributed by atoms with E-state index in [9.17, 15) is 0 Å². The van der Waals surface area contributed by atoms with Gasteiger partial charge in [-0.15, -0.1) is 0 Å². The van der Waals surface area contributed by atoms with E-state index in [1.165, 1.54) is 0 Å². The van der Waals surface area contributed by atoms with Crippen LogP contribution >= 0.6 is 15.9 Å². The van der Waals surface area contributed by atoms with Gasteiger partial charge in [-0.25, -0.2) is 4.98 Å². The van der Waals surface area contributed by atoms with Gasteiger partial charge < -0.3 is 14.9 Å². The molecule has 0 aliphatic heterocycles. The Labute approximate surface area is 108 Å². The SMILES string of the molecule is COc1cc(Br)ccc1-c1cnc(CCN)o1. The lowest BCUT2D eigenvalue weighted by Gasteiger charge is -2.05. The van der Waals surface area contributed by atoms with Crippen LogP contribution in [-0.4, -0.2) is 18.6 Å². The number of methoxy groups -OCH3 is 1. The Balaban J connectivity index is 2.37. The molecule has 4 nitrogen and oxygen atoms in total. The minimum atomic E-state index is 0.525. The maximum absolute atomic E-state index is 5.61. The summed E-state index contributed by atoms with van der Waals surface area (Å²) in [4.78, 5) is 4.17. The van der Waals surface area contributed by atoms with Crippen molar-refractivity contribution in [1.29, 1.82) is 0 Å². The van der Waals surface area contributed by atoms with Crippen molar-refractivity contribution in [2.75, 3.05) is 13.7 Å². The van der Waals surface area contributed by atoms with Crippen LogP contribution in [0.2, 0.25) is 0 Å². The summed E-state index contributed by atoms with van der Waals surface area (Å²) in [7, 11) is 1.63. The van der Waals surface area contributed by atoms with E-state index in [1.54, 1.807) is 13.3 Å². The molecule has 0 saturated heterocycles. The Bertz CT molecular complexity index is 511. The summed E-state index contributed by atoms with van der Waals surface area (Å²) in [6, 6.07) is 5.75. The number of hydrogen-bond donors (Lipinski definition) is 1. The first kappa shape index (κ1) is 12.1. The van der Waals surface area contributed by atoms with Crippen LogP contribution in [0, 0.1) is 0 Å². The van der Waals surface area contributed by atoms with Crippen LogP contribution < -0.4 is 10.5 Å². The second kappa shape index (κ2) is 5.33. The first-order chi connectivity index (χ1) is 8.24. The van der Waals surface area contributed by atoms with Gasteiger partial charge in [0.05, 0.1) is 18.9 Å². The summed E-state index contributed by atoms with van der Waals surface area (Å²) in [5.74, 6) is 2.08. The third-order valence-corrected chi connectivity index (χ3v) is 2.83. The van der Waals surface area contributed by atoms with Crippen molar-refractivity contribution < 1.29 is 9.15 Å². The molecule has 17 heavy (non-hydrogen) atoms. The van der Waals surface area contributed by atoms with Crippen molar-refractivity contribution in [3.8, 4) is 17.1 Å². The van der Waals surface area contributed by atoms with E-state index >= 15 is 0 Å². The number of nitrogens with two attached hydrogens (primary N) is 1. The molecular formula is C12H13BrN2O2. The van der Waals surface area contributed by atoms with E-state index in [0.717, 1.165) is 15.8 Å². The van der Waals surface area contributed by atoms with E-state index in [4.69, 9.17) is 14.9 Å². The summed E-state index contributed by atoms with van der Waals surface area (Å²) in [6.07, 6.45) is 2.33. The maximum atomic E-state index is 5.61. The molecule has 2 N–H and O–H groups in total. The average molecular weight is 297 g/mol. The van der Waals surface area contributed by atoms with Gasteiger partial charge >= 0.3 is 0 Å². The normalized spacial score (nSPS) is 10.5. The van der Waals surface area contributed by atoms with E-state index in [0.29, 0.717) is 24.6 Å². The highest BCUT2D eigenvalue weighted by Crippen LogP contribution is 2.32. The molecule has 2 aromatic rings. The van der Waals surface area contributed by atoms with Crippen molar-refractivity contribution in [1.82, 2.24) is 4.98 Å². The molecule has 1 heterocycles. The number of rotatable bonds is 4. The Kier molecular flexibility index (Phi) is 3.81. The quantitative estimate of drug-likeness (QED) is 0.942. The zero-order chi connectivity index (χ0) is 12.3. The molecule has 0 aliphatic carbocycles. The molecule has 0 spiro atoms. The van der Waals surface area contributed by atoms with Gasteiger partial charge in [0.2, 0.25) is 0 Å². The number of ether oxygens (including phenoxy) is 1. The molecule has 0 fully saturated rings. The fourth-order valence-electron chi connectivity index (χ4n) is 1.54. The summed E-state index contributed by atoms with van der Waals surface area (Å²) >= 11 is 3.40. The van der Waals surface area contributed by atoms with Crippen LogP contribution in [0.3, 0.4) is 0 Å². The van der Waals surface area contributed by atoms with Gasteiger partial charge in [0.1, 0.15) is 5.75 Å². The number of hydrogen-bond acceptors (Lipinski definition) is 4. The highest BCUT2D eigenvalue weighted by atomic mass is 79.9. The molecule has 1 aromatic carbocycles. The number of oxazole rings is 1. The van der Waals surface area contributed by atoms with Gasteiger partial charge in [-0.3, -0.25) is 0 Å². The lowest BCUT2D eigenvalue weighted by Crippen LogP contribution is -2.02. The second-order valence-electron chi connectivity index (χ2n) is 3.50. The average Bonchev–Trinajstić information content (AvgIpc) is 2.78. The van der Waals surface area contributed by atoms with Crippen molar-refractivity contribution in [2.24, 2.45) is 5.73 Å². The first-order valence-electron chi connectivity index (χ1n) is 5.23. The van der Waals surface area contributed by atoms with Crippen LogP contribution in [0.5, 0.6) is 5.75 Å². The van der Waals surface area contributed by atoms with Crippen LogP contribution in [-0.2, 0) is 6.42 Å². The van der Waals surface area contributed by atoms with E-state index < -0.39 is 0 Å². The zero-order valence-corrected chi connectivity index (χ0v) is 11.0. The molecule has 1 aromatic heterocycles. The highest BCUT2D eigenvalue weighted by molar-refractivity contribution is 9.10. The fourth-order valence-corrected chi connectivity index (χ4v) is 1.88. The Morgan fingerprint density at radius 2 is 2.29 bits per heavy atom. The molecule has 90 valence electrons. The number of benzene rings is 1. The molecule has 0 unspecified atom stereocenters. The Hall–Kier alpha value is -1.33. The minimum Gasteiger partial charge on any atom is -0.496 e. The van der Waals surface area contributed by atoms with Gasteiger partial charge in [0.25, 0.3) is 0 Å². The Morgan fingerprint density at radius 3 is 3.00 bits per heavy atom. The van der Waals surface area contributed by atoms with Gasteiger partial charge in [-0.1, -0.05) is 15.9 Å². The van der Waals surface area contributed by atoms with Crippen LogP contribution in [0.4, 0.5) is 0 Å². The third-order valence-electron chi connectivity index (χ3n) is 2.34. The lowest BCUT2D eigenvalue weighted by molar-refractivity contribution is 0.413. The fraction of sp³-hybridized carbons (Fsp3) is 0.250. The molecular weight excluding hydrogens is 284 g/mol. The number of aromatic nitrogens is 1. The van der Waals surface area contributed by atoms with Gasteiger partial charge in [-0.05, 0) is 18.2 Å². The van der Waals surface area contributed by atoms with Crippen LogP contribution in [0.15, 0.2) is 33.3 Å². The smallest absolute Gasteiger partial charge is 0.196 e. The molecule has 0 atom stereocenters. The van der Waals surface area contributed by atoms with Crippen LogP contribution in [0.25, 0.3) is 11.3 Å². The molecule has 0 aliphatic rings. The van der Waals surface area contributed by atoms with Gasteiger partial charge in [0, 0.05) is 17.4 Å². The van der Waals surface area contributed by atoms with Crippen molar-refractivity contribution in [3.05, 3.63) is 34.8 Å². The van der Waals surface area contributed by atoms with Gasteiger partial charge in [0.15, 0.2) is 11.7 Å². The Morgan fingerprint density at radius 1 is 1.47 bits per heavy atom. The maximum Gasteiger partial charge on any atom is 0.196 e. The van der Waals surface area contributed by atoms with Crippen molar-refractivity contribution >= 4 is 15.9 Å². The molecule has 0 amide bonds. The van der Waals surface area contributed by atoms with E-state index in [2.05, 4.69) is 20.9 Å². The summed E-state index contributed by atoms with van der Waals surface area (Å²) < 4.78 is 11.9. The lowest BCUT2D eigenvalue weighted by atomic mass is 10.1. The predicted octanol–water partition coefficient (Wildman–Crippen LogP) is 2.61. The van der Waals surface area contributed by atoms with Gasteiger partial charge in [-0.2, -0.15) is 0 Å². The minimum absolute atomic E-state index is 0.525. The summed E-state index contributed by atoms with van der Waals surface area (Å²) in [5, 5.41) is 0. The second-order valence-corrected chi connectivity index (χ2v) is 4.42. The largest absolute Gasteiger partial charge is 0.496 e. The first-order valence-corrected chi connectivity index (χ1v) is 6.02.